The SMILES string of the molecule is CC(C)CCN(CCOc1ccccc1N)C1CCCC1. The molecule has 3 nitrogen and oxygen atoms in total. The van der Waals surface area contributed by atoms with Gasteiger partial charge in [0.05, 0.1) is 5.69 Å². The highest BCUT2D eigenvalue weighted by Crippen LogP contribution is 2.24. The highest BCUT2D eigenvalue weighted by atomic mass is 16.5. The number of rotatable bonds is 8. The molecule has 1 saturated carbocycles. The quantitative estimate of drug-likeness (QED) is 0.737. The molecule has 0 atom stereocenters. The van der Waals surface area contributed by atoms with Gasteiger partial charge in [-0.15, -0.1) is 0 Å². The Kier molecular flexibility index (Phi) is 6.37. The molecule has 1 aliphatic carbocycles. The van der Waals surface area contributed by atoms with Gasteiger partial charge < -0.3 is 10.5 Å². The van der Waals surface area contributed by atoms with Gasteiger partial charge in [-0.3, -0.25) is 4.90 Å². The predicted molar refractivity (Wildman–Crippen MR) is 89.6 cm³/mol. The van der Waals surface area contributed by atoms with Crippen LogP contribution in [-0.4, -0.2) is 30.6 Å². The van der Waals surface area contributed by atoms with E-state index in [0.717, 1.165) is 36.5 Å². The molecule has 0 radical (unpaired) electrons. The van der Waals surface area contributed by atoms with Gasteiger partial charge in [-0.05, 0) is 43.9 Å². The van der Waals surface area contributed by atoms with Crippen LogP contribution >= 0.6 is 0 Å². The van der Waals surface area contributed by atoms with Crippen molar-refractivity contribution in [3.63, 3.8) is 0 Å². The molecule has 0 saturated heterocycles. The molecule has 1 aliphatic rings. The van der Waals surface area contributed by atoms with Crippen LogP contribution < -0.4 is 10.5 Å². The van der Waals surface area contributed by atoms with Crippen LogP contribution in [0.1, 0.15) is 46.0 Å². The van der Waals surface area contributed by atoms with E-state index in [-0.39, 0.29) is 0 Å². The predicted octanol–water partition coefficient (Wildman–Crippen LogP) is 3.94. The number of anilines is 1. The second-order valence-electron chi connectivity index (χ2n) is 6.54. The van der Waals surface area contributed by atoms with Gasteiger partial charge in [0.15, 0.2) is 0 Å². The van der Waals surface area contributed by atoms with Crippen molar-refractivity contribution in [3.05, 3.63) is 24.3 Å². The first-order valence-electron chi connectivity index (χ1n) is 8.38. The maximum atomic E-state index is 5.92. The van der Waals surface area contributed by atoms with Crippen LogP contribution in [0.15, 0.2) is 24.3 Å². The van der Waals surface area contributed by atoms with Gasteiger partial charge in [0, 0.05) is 12.6 Å². The summed E-state index contributed by atoms with van der Waals surface area (Å²) in [6.45, 7) is 7.52. The standard InChI is InChI=1S/C18H30N2O/c1-15(2)11-12-20(16-7-3-4-8-16)13-14-21-18-10-6-5-9-17(18)19/h5-6,9-10,15-16H,3-4,7-8,11-14,19H2,1-2H3. The molecule has 21 heavy (non-hydrogen) atoms. The molecule has 1 fully saturated rings. The van der Waals surface area contributed by atoms with E-state index in [2.05, 4.69) is 18.7 Å². The molecule has 0 aromatic heterocycles. The Hall–Kier alpha value is -1.22. The smallest absolute Gasteiger partial charge is 0.142 e. The van der Waals surface area contributed by atoms with Gasteiger partial charge >= 0.3 is 0 Å². The fourth-order valence-corrected chi connectivity index (χ4v) is 3.06. The average molecular weight is 290 g/mol. The molecule has 0 aliphatic heterocycles. The summed E-state index contributed by atoms with van der Waals surface area (Å²) in [6, 6.07) is 8.52. The van der Waals surface area contributed by atoms with Crippen molar-refractivity contribution < 1.29 is 4.74 Å². The van der Waals surface area contributed by atoms with Crippen LogP contribution in [0.4, 0.5) is 5.69 Å². The number of para-hydroxylation sites is 2. The zero-order chi connectivity index (χ0) is 15.1. The first kappa shape index (κ1) is 16.2. The molecule has 0 unspecified atom stereocenters. The van der Waals surface area contributed by atoms with E-state index in [1.54, 1.807) is 0 Å². The van der Waals surface area contributed by atoms with E-state index in [0.29, 0.717) is 0 Å². The highest BCUT2D eigenvalue weighted by molar-refractivity contribution is 5.51. The number of nitrogen functional groups attached to an aromatic ring is 1. The molecule has 3 heteroatoms. The lowest BCUT2D eigenvalue weighted by Crippen LogP contribution is -2.37. The Morgan fingerprint density at radius 1 is 1.19 bits per heavy atom. The summed E-state index contributed by atoms with van der Waals surface area (Å²) in [5.74, 6) is 1.58. The van der Waals surface area contributed by atoms with Gasteiger partial charge in [0.2, 0.25) is 0 Å². The maximum absolute atomic E-state index is 5.92. The van der Waals surface area contributed by atoms with Gasteiger partial charge in [-0.1, -0.05) is 38.8 Å². The van der Waals surface area contributed by atoms with Crippen molar-refractivity contribution in [2.24, 2.45) is 5.92 Å². The summed E-state index contributed by atoms with van der Waals surface area (Å²) in [5.41, 5.74) is 6.65. The summed E-state index contributed by atoms with van der Waals surface area (Å²) < 4.78 is 5.87. The van der Waals surface area contributed by atoms with Crippen molar-refractivity contribution >= 4 is 5.69 Å². The molecule has 118 valence electrons. The van der Waals surface area contributed by atoms with E-state index in [4.69, 9.17) is 10.5 Å². The summed E-state index contributed by atoms with van der Waals surface area (Å²) in [7, 11) is 0. The minimum absolute atomic E-state index is 0.725. The summed E-state index contributed by atoms with van der Waals surface area (Å²) in [6.07, 6.45) is 6.74. The third-order valence-electron chi connectivity index (χ3n) is 4.39. The summed E-state index contributed by atoms with van der Waals surface area (Å²) in [5, 5.41) is 0. The Morgan fingerprint density at radius 3 is 2.57 bits per heavy atom. The fourth-order valence-electron chi connectivity index (χ4n) is 3.06. The number of nitrogens with zero attached hydrogens (tertiary/aromatic N) is 1. The Morgan fingerprint density at radius 2 is 1.90 bits per heavy atom. The zero-order valence-electron chi connectivity index (χ0n) is 13.6. The summed E-state index contributed by atoms with van der Waals surface area (Å²) >= 11 is 0. The van der Waals surface area contributed by atoms with Crippen LogP contribution in [0, 0.1) is 5.92 Å². The molecule has 2 rings (SSSR count). The highest BCUT2D eigenvalue weighted by Gasteiger charge is 2.22. The van der Waals surface area contributed by atoms with E-state index in [9.17, 15) is 0 Å². The Bertz CT molecular complexity index is 413. The molecular formula is C18H30N2O. The molecule has 1 aromatic carbocycles. The Balaban J connectivity index is 1.82. The average Bonchev–Trinajstić information content (AvgIpc) is 2.98. The number of ether oxygens (including phenoxy) is 1. The van der Waals surface area contributed by atoms with Crippen LogP contribution in [-0.2, 0) is 0 Å². The molecule has 1 aromatic rings. The molecule has 0 bridgehead atoms. The lowest BCUT2D eigenvalue weighted by molar-refractivity contribution is 0.154. The zero-order valence-corrected chi connectivity index (χ0v) is 13.6. The van der Waals surface area contributed by atoms with Gasteiger partial charge in [-0.2, -0.15) is 0 Å². The van der Waals surface area contributed by atoms with Crippen LogP contribution in [0.25, 0.3) is 0 Å². The largest absolute Gasteiger partial charge is 0.490 e. The van der Waals surface area contributed by atoms with E-state index in [1.165, 1.54) is 38.6 Å². The van der Waals surface area contributed by atoms with Crippen LogP contribution in [0.5, 0.6) is 5.75 Å². The minimum Gasteiger partial charge on any atom is -0.490 e. The number of benzene rings is 1. The molecule has 0 amide bonds. The molecule has 0 spiro atoms. The first-order chi connectivity index (χ1) is 10.2. The second kappa shape index (κ2) is 8.28. The number of hydrogen-bond acceptors (Lipinski definition) is 3. The second-order valence-corrected chi connectivity index (χ2v) is 6.54. The van der Waals surface area contributed by atoms with Crippen molar-refractivity contribution in [1.82, 2.24) is 4.90 Å². The topological polar surface area (TPSA) is 38.5 Å². The summed E-state index contributed by atoms with van der Waals surface area (Å²) in [4.78, 5) is 2.63. The van der Waals surface area contributed by atoms with Crippen molar-refractivity contribution in [2.75, 3.05) is 25.4 Å². The maximum Gasteiger partial charge on any atom is 0.142 e. The molecular weight excluding hydrogens is 260 g/mol. The lowest BCUT2D eigenvalue weighted by atomic mass is 10.1. The van der Waals surface area contributed by atoms with Crippen molar-refractivity contribution in [1.29, 1.82) is 0 Å². The number of nitrogens with two attached hydrogens (primary N) is 1. The fraction of sp³-hybridized carbons (Fsp3) is 0.667. The van der Waals surface area contributed by atoms with E-state index in [1.807, 2.05) is 24.3 Å². The van der Waals surface area contributed by atoms with E-state index < -0.39 is 0 Å². The van der Waals surface area contributed by atoms with Gasteiger partial charge in [-0.25, -0.2) is 0 Å². The van der Waals surface area contributed by atoms with Crippen LogP contribution in [0.2, 0.25) is 0 Å². The minimum atomic E-state index is 0.725. The molecule has 2 N–H and O–H groups in total. The van der Waals surface area contributed by atoms with Crippen LogP contribution in [0.3, 0.4) is 0 Å². The Labute approximate surface area is 129 Å². The van der Waals surface area contributed by atoms with E-state index >= 15 is 0 Å². The number of hydrogen-bond donors (Lipinski definition) is 1. The van der Waals surface area contributed by atoms with Gasteiger partial charge in [0.1, 0.15) is 12.4 Å². The monoisotopic (exact) mass is 290 g/mol. The molecule has 0 heterocycles. The van der Waals surface area contributed by atoms with Crippen molar-refractivity contribution in [3.8, 4) is 5.75 Å². The third-order valence-corrected chi connectivity index (χ3v) is 4.39. The normalized spacial score (nSPS) is 16.0. The first-order valence-corrected chi connectivity index (χ1v) is 8.38. The van der Waals surface area contributed by atoms with Crippen molar-refractivity contribution in [2.45, 2.75) is 52.0 Å². The lowest BCUT2D eigenvalue weighted by Gasteiger charge is -2.29. The third kappa shape index (κ3) is 5.24. The van der Waals surface area contributed by atoms with Gasteiger partial charge in [0.25, 0.3) is 0 Å².